The Balaban J connectivity index is 2.12. The summed E-state index contributed by atoms with van der Waals surface area (Å²) in [5.41, 5.74) is 1.59. The van der Waals surface area contributed by atoms with Crippen LogP contribution >= 0.6 is 31.9 Å². The van der Waals surface area contributed by atoms with E-state index in [2.05, 4.69) is 37.2 Å². The summed E-state index contributed by atoms with van der Waals surface area (Å²) in [6.07, 6.45) is 1.59. The minimum Gasteiger partial charge on any atom is -0.325 e. The number of hydrogen-bond donors (Lipinski definition) is 1. The summed E-state index contributed by atoms with van der Waals surface area (Å²) in [5.74, 6) is -0.249. The van der Waals surface area contributed by atoms with Gasteiger partial charge in [-0.2, -0.15) is 0 Å². The van der Waals surface area contributed by atoms with E-state index in [9.17, 15) is 9.59 Å². The van der Waals surface area contributed by atoms with Crippen molar-refractivity contribution in [3.05, 3.63) is 61.4 Å². The van der Waals surface area contributed by atoms with E-state index in [-0.39, 0.29) is 18.0 Å². The monoisotopic (exact) mass is 398 g/mol. The Morgan fingerprint density at radius 3 is 2.55 bits per heavy atom. The number of nitrogens with zero attached hydrogens (tertiary/aromatic N) is 1. The van der Waals surface area contributed by atoms with Crippen LogP contribution in [0.3, 0.4) is 0 Å². The number of carbonyl (C=O) groups is 1. The van der Waals surface area contributed by atoms with Crippen LogP contribution in [0.15, 0.2) is 50.3 Å². The Kier molecular flexibility index (Phi) is 4.77. The molecule has 0 radical (unpaired) electrons. The van der Waals surface area contributed by atoms with Crippen molar-refractivity contribution in [1.82, 2.24) is 4.57 Å². The van der Waals surface area contributed by atoms with E-state index in [1.807, 2.05) is 31.2 Å². The van der Waals surface area contributed by atoms with E-state index in [0.29, 0.717) is 10.2 Å². The maximum atomic E-state index is 11.9. The molecule has 0 fully saturated rings. The van der Waals surface area contributed by atoms with Gasteiger partial charge >= 0.3 is 0 Å². The standard InChI is InChI=1S/C14H12Br2N2O2/c1-9-2-4-11(5-3-9)17-13(19)8-18-7-10(15)6-12(16)14(18)20/h2-7H,8H2,1H3,(H,17,19). The smallest absolute Gasteiger partial charge is 0.265 e. The lowest BCUT2D eigenvalue weighted by Gasteiger charge is -2.08. The predicted molar refractivity (Wildman–Crippen MR) is 85.9 cm³/mol. The first-order chi connectivity index (χ1) is 9.45. The molecule has 1 aromatic heterocycles. The van der Waals surface area contributed by atoms with Crippen LogP contribution in [-0.2, 0) is 11.3 Å². The molecular weight excluding hydrogens is 388 g/mol. The van der Waals surface area contributed by atoms with Crippen molar-refractivity contribution in [3.63, 3.8) is 0 Å². The molecule has 2 rings (SSSR count). The van der Waals surface area contributed by atoms with Gasteiger partial charge in [-0.3, -0.25) is 9.59 Å². The second-order valence-electron chi connectivity index (χ2n) is 4.35. The molecule has 0 aliphatic carbocycles. The highest BCUT2D eigenvalue weighted by atomic mass is 79.9. The average Bonchev–Trinajstić information content (AvgIpc) is 2.38. The summed E-state index contributed by atoms with van der Waals surface area (Å²) >= 11 is 6.46. The number of anilines is 1. The Morgan fingerprint density at radius 1 is 1.25 bits per heavy atom. The van der Waals surface area contributed by atoms with Crippen molar-refractivity contribution in [2.45, 2.75) is 13.5 Å². The quantitative estimate of drug-likeness (QED) is 0.860. The Morgan fingerprint density at radius 2 is 1.90 bits per heavy atom. The molecule has 0 aliphatic heterocycles. The second-order valence-corrected chi connectivity index (χ2v) is 6.12. The number of amides is 1. The van der Waals surface area contributed by atoms with Gasteiger partial charge in [0, 0.05) is 16.4 Å². The van der Waals surface area contributed by atoms with Gasteiger partial charge in [-0.15, -0.1) is 0 Å². The minimum atomic E-state index is -0.249. The molecule has 104 valence electrons. The van der Waals surface area contributed by atoms with Crippen LogP contribution in [0, 0.1) is 6.92 Å². The van der Waals surface area contributed by atoms with Crippen LogP contribution < -0.4 is 10.9 Å². The highest BCUT2D eigenvalue weighted by molar-refractivity contribution is 9.11. The summed E-state index contributed by atoms with van der Waals surface area (Å²) in [5, 5.41) is 2.75. The zero-order valence-electron chi connectivity index (χ0n) is 10.7. The fourth-order valence-electron chi connectivity index (χ4n) is 1.67. The van der Waals surface area contributed by atoms with Gasteiger partial charge in [-0.1, -0.05) is 17.7 Å². The molecule has 0 unspecified atom stereocenters. The van der Waals surface area contributed by atoms with Crippen LogP contribution in [0.4, 0.5) is 5.69 Å². The van der Waals surface area contributed by atoms with Crippen molar-refractivity contribution in [2.75, 3.05) is 5.32 Å². The number of nitrogens with one attached hydrogen (secondary N) is 1. The van der Waals surface area contributed by atoms with Gasteiger partial charge < -0.3 is 9.88 Å². The van der Waals surface area contributed by atoms with Crippen LogP contribution in [-0.4, -0.2) is 10.5 Å². The number of carbonyl (C=O) groups excluding carboxylic acids is 1. The second kappa shape index (κ2) is 6.37. The predicted octanol–water partition coefficient (Wildman–Crippen LogP) is 3.32. The Hall–Kier alpha value is -1.40. The first kappa shape index (κ1) is 15.0. The number of benzene rings is 1. The molecule has 20 heavy (non-hydrogen) atoms. The van der Waals surface area contributed by atoms with Gasteiger partial charge in [0.1, 0.15) is 6.54 Å². The van der Waals surface area contributed by atoms with Gasteiger partial charge in [-0.05, 0) is 57.0 Å². The molecule has 1 amide bonds. The summed E-state index contributed by atoms with van der Waals surface area (Å²) in [4.78, 5) is 23.8. The summed E-state index contributed by atoms with van der Waals surface area (Å²) < 4.78 is 2.49. The van der Waals surface area contributed by atoms with Crippen LogP contribution in [0.25, 0.3) is 0 Å². The number of hydrogen-bond acceptors (Lipinski definition) is 2. The van der Waals surface area contributed by atoms with Crippen molar-refractivity contribution in [3.8, 4) is 0 Å². The molecule has 1 heterocycles. The zero-order chi connectivity index (χ0) is 14.7. The molecule has 1 aromatic carbocycles. The molecule has 0 bridgehead atoms. The minimum absolute atomic E-state index is 0.0370. The lowest BCUT2D eigenvalue weighted by atomic mass is 10.2. The molecule has 4 nitrogen and oxygen atoms in total. The Bertz CT molecular complexity index is 693. The summed E-state index contributed by atoms with van der Waals surface area (Å²) in [6.45, 7) is 1.94. The van der Waals surface area contributed by atoms with Gasteiger partial charge in [0.05, 0.1) is 4.47 Å². The van der Waals surface area contributed by atoms with E-state index in [1.54, 1.807) is 12.3 Å². The van der Waals surface area contributed by atoms with E-state index < -0.39 is 0 Å². The van der Waals surface area contributed by atoms with Gasteiger partial charge in [0.2, 0.25) is 5.91 Å². The van der Waals surface area contributed by atoms with Gasteiger partial charge in [0.25, 0.3) is 5.56 Å². The first-order valence-corrected chi connectivity index (χ1v) is 7.46. The van der Waals surface area contributed by atoms with E-state index >= 15 is 0 Å². The third-order valence-electron chi connectivity index (χ3n) is 2.66. The third-order valence-corrected chi connectivity index (χ3v) is 3.66. The number of pyridine rings is 1. The lowest BCUT2D eigenvalue weighted by molar-refractivity contribution is -0.116. The topological polar surface area (TPSA) is 51.1 Å². The molecule has 1 N–H and O–H groups in total. The van der Waals surface area contributed by atoms with Crippen molar-refractivity contribution < 1.29 is 4.79 Å². The first-order valence-electron chi connectivity index (χ1n) is 5.88. The van der Waals surface area contributed by atoms with Crippen LogP contribution in [0.5, 0.6) is 0 Å². The highest BCUT2D eigenvalue weighted by Gasteiger charge is 2.08. The highest BCUT2D eigenvalue weighted by Crippen LogP contribution is 2.13. The molecule has 0 saturated heterocycles. The molecule has 0 aliphatic rings. The fraction of sp³-hybridized carbons (Fsp3) is 0.143. The average molecular weight is 400 g/mol. The largest absolute Gasteiger partial charge is 0.325 e. The lowest BCUT2D eigenvalue weighted by Crippen LogP contribution is -2.27. The van der Waals surface area contributed by atoms with Crippen LogP contribution in [0.2, 0.25) is 0 Å². The van der Waals surface area contributed by atoms with Crippen molar-refractivity contribution in [2.24, 2.45) is 0 Å². The SMILES string of the molecule is Cc1ccc(NC(=O)Cn2cc(Br)cc(Br)c2=O)cc1. The fourth-order valence-corrected chi connectivity index (χ4v) is 2.93. The van der Waals surface area contributed by atoms with Gasteiger partial charge in [-0.25, -0.2) is 0 Å². The number of rotatable bonds is 3. The molecule has 0 spiro atoms. The molecule has 0 saturated carbocycles. The van der Waals surface area contributed by atoms with Crippen molar-refractivity contribution in [1.29, 1.82) is 0 Å². The Labute approximate surface area is 133 Å². The van der Waals surface area contributed by atoms with E-state index in [4.69, 9.17) is 0 Å². The maximum Gasteiger partial charge on any atom is 0.265 e. The number of aromatic nitrogens is 1. The normalized spacial score (nSPS) is 10.3. The summed E-state index contributed by atoms with van der Waals surface area (Å²) in [7, 11) is 0. The van der Waals surface area contributed by atoms with Gasteiger partial charge in [0.15, 0.2) is 0 Å². The molecule has 0 atom stereocenters. The molecule has 2 aromatic rings. The van der Waals surface area contributed by atoms with Crippen molar-refractivity contribution >= 4 is 43.5 Å². The molecular formula is C14H12Br2N2O2. The maximum absolute atomic E-state index is 11.9. The summed E-state index contributed by atoms with van der Waals surface area (Å²) in [6, 6.07) is 9.13. The number of halogens is 2. The van der Waals surface area contributed by atoms with E-state index in [1.165, 1.54) is 4.57 Å². The third kappa shape index (κ3) is 3.80. The zero-order valence-corrected chi connectivity index (χ0v) is 13.9. The number of aryl methyl sites for hydroxylation is 1. The molecule has 6 heteroatoms. The van der Waals surface area contributed by atoms with Crippen LogP contribution in [0.1, 0.15) is 5.56 Å². The van der Waals surface area contributed by atoms with E-state index in [0.717, 1.165) is 10.0 Å².